The zero-order chi connectivity index (χ0) is 7.72. The summed E-state index contributed by atoms with van der Waals surface area (Å²) in [5.74, 6) is 0.599. The molecule has 0 aliphatic carbocycles. The first kappa shape index (κ1) is 7.54. The Kier molecular flexibility index (Phi) is 1.94. The van der Waals surface area contributed by atoms with Crippen LogP contribution in [0, 0.1) is 5.92 Å². The molecule has 0 radical (unpaired) electrons. The summed E-state index contributed by atoms with van der Waals surface area (Å²) in [6.07, 6.45) is 0.993. The van der Waals surface area contributed by atoms with E-state index in [1.165, 1.54) is 0 Å². The molecule has 1 amide bonds. The standard InChI is InChI=1S/C7H14N2O/c1-4(2)3-5-6(8)7(10)9-5/h4-6H,3,8H2,1-2H3,(H,9,10). The fourth-order valence-electron chi connectivity index (χ4n) is 1.17. The average Bonchev–Trinajstić information content (AvgIpc) is 1.86. The van der Waals surface area contributed by atoms with Crippen LogP contribution in [0.5, 0.6) is 0 Å². The van der Waals surface area contributed by atoms with Gasteiger partial charge in [-0.1, -0.05) is 13.8 Å². The van der Waals surface area contributed by atoms with Crippen molar-refractivity contribution in [3.63, 3.8) is 0 Å². The van der Waals surface area contributed by atoms with E-state index in [9.17, 15) is 4.79 Å². The lowest BCUT2D eigenvalue weighted by Crippen LogP contribution is -2.66. The molecule has 0 aromatic heterocycles. The average molecular weight is 142 g/mol. The number of carbonyl (C=O) groups is 1. The van der Waals surface area contributed by atoms with Gasteiger partial charge in [0.05, 0.1) is 6.04 Å². The van der Waals surface area contributed by atoms with Gasteiger partial charge in [0.2, 0.25) is 5.91 Å². The van der Waals surface area contributed by atoms with E-state index in [1.54, 1.807) is 0 Å². The Morgan fingerprint density at radius 2 is 2.30 bits per heavy atom. The maximum atomic E-state index is 10.6. The van der Waals surface area contributed by atoms with Crippen LogP contribution in [-0.2, 0) is 4.79 Å². The molecule has 1 saturated heterocycles. The highest BCUT2D eigenvalue weighted by molar-refractivity contribution is 5.88. The molecule has 2 atom stereocenters. The van der Waals surface area contributed by atoms with Crippen LogP contribution in [0.1, 0.15) is 20.3 Å². The SMILES string of the molecule is CC(C)CC1NC(=O)C1N. The van der Waals surface area contributed by atoms with Crippen molar-refractivity contribution >= 4 is 5.91 Å². The molecule has 1 rings (SSSR count). The fraction of sp³-hybridized carbons (Fsp3) is 0.857. The molecule has 0 spiro atoms. The largest absolute Gasteiger partial charge is 0.350 e. The summed E-state index contributed by atoms with van der Waals surface area (Å²) in [5.41, 5.74) is 5.50. The minimum absolute atomic E-state index is 0.00866. The number of hydrogen-bond donors (Lipinski definition) is 2. The van der Waals surface area contributed by atoms with E-state index in [0.717, 1.165) is 6.42 Å². The summed E-state index contributed by atoms with van der Waals surface area (Å²) in [6, 6.07) is -0.0186. The van der Waals surface area contributed by atoms with Crippen LogP contribution in [0.25, 0.3) is 0 Å². The van der Waals surface area contributed by atoms with Crippen LogP contribution in [0.2, 0.25) is 0 Å². The number of rotatable bonds is 2. The van der Waals surface area contributed by atoms with Crippen molar-refractivity contribution in [2.24, 2.45) is 11.7 Å². The summed E-state index contributed by atoms with van der Waals surface area (Å²) in [5, 5.41) is 2.76. The van der Waals surface area contributed by atoms with Gasteiger partial charge in [-0.15, -0.1) is 0 Å². The van der Waals surface area contributed by atoms with E-state index in [2.05, 4.69) is 19.2 Å². The van der Waals surface area contributed by atoms with Gasteiger partial charge in [-0.05, 0) is 12.3 Å². The minimum atomic E-state index is -0.248. The van der Waals surface area contributed by atoms with Gasteiger partial charge in [0.25, 0.3) is 0 Å². The van der Waals surface area contributed by atoms with Crippen molar-refractivity contribution in [2.75, 3.05) is 0 Å². The van der Waals surface area contributed by atoms with Crippen LogP contribution in [0.15, 0.2) is 0 Å². The number of amides is 1. The molecule has 1 heterocycles. The highest BCUT2D eigenvalue weighted by Crippen LogP contribution is 2.13. The lowest BCUT2D eigenvalue weighted by molar-refractivity contribution is -0.130. The number of nitrogens with one attached hydrogen (secondary N) is 1. The lowest BCUT2D eigenvalue weighted by atomic mass is 9.91. The summed E-state index contributed by atoms with van der Waals surface area (Å²) in [4.78, 5) is 10.6. The third kappa shape index (κ3) is 1.29. The predicted octanol–water partition coefficient (Wildman–Crippen LogP) is -0.142. The molecular formula is C7H14N2O. The molecule has 1 aliphatic rings. The molecule has 0 saturated carbocycles. The zero-order valence-corrected chi connectivity index (χ0v) is 6.42. The van der Waals surface area contributed by atoms with Gasteiger partial charge >= 0.3 is 0 Å². The monoisotopic (exact) mass is 142 g/mol. The van der Waals surface area contributed by atoms with E-state index >= 15 is 0 Å². The van der Waals surface area contributed by atoms with Crippen molar-refractivity contribution in [3.8, 4) is 0 Å². The first-order valence-corrected chi connectivity index (χ1v) is 3.67. The van der Waals surface area contributed by atoms with Gasteiger partial charge in [0.1, 0.15) is 6.04 Å². The number of hydrogen-bond acceptors (Lipinski definition) is 2. The Morgan fingerprint density at radius 1 is 1.70 bits per heavy atom. The predicted molar refractivity (Wildman–Crippen MR) is 39.4 cm³/mol. The molecule has 1 aliphatic heterocycles. The summed E-state index contributed by atoms with van der Waals surface area (Å²) in [7, 11) is 0. The quantitative estimate of drug-likeness (QED) is 0.527. The molecule has 0 aromatic carbocycles. The molecule has 3 heteroatoms. The second-order valence-corrected chi connectivity index (χ2v) is 3.27. The highest BCUT2D eigenvalue weighted by Gasteiger charge is 2.35. The molecule has 2 unspecified atom stereocenters. The number of carbonyl (C=O) groups excluding carboxylic acids is 1. The summed E-state index contributed by atoms with van der Waals surface area (Å²) >= 11 is 0. The van der Waals surface area contributed by atoms with Crippen LogP contribution < -0.4 is 11.1 Å². The topological polar surface area (TPSA) is 55.1 Å². The molecule has 3 nitrogen and oxygen atoms in total. The molecule has 58 valence electrons. The van der Waals surface area contributed by atoms with Gasteiger partial charge in [-0.2, -0.15) is 0 Å². The smallest absolute Gasteiger partial charge is 0.239 e. The van der Waals surface area contributed by atoms with Crippen LogP contribution in [0.3, 0.4) is 0 Å². The van der Waals surface area contributed by atoms with Crippen molar-refractivity contribution in [1.29, 1.82) is 0 Å². The normalized spacial score (nSPS) is 31.8. The Labute approximate surface area is 61.0 Å². The Morgan fingerprint density at radius 3 is 2.60 bits per heavy atom. The van der Waals surface area contributed by atoms with Crippen molar-refractivity contribution in [1.82, 2.24) is 5.32 Å². The zero-order valence-electron chi connectivity index (χ0n) is 6.42. The second kappa shape index (κ2) is 2.58. The van der Waals surface area contributed by atoms with Gasteiger partial charge in [-0.3, -0.25) is 4.79 Å². The molecule has 10 heavy (non-hydrogen) atoms. The number of β-lactam (4-membered cyclic amide) rings is 1. The third-order valence-corrected chi connectivity index (χ3v) is 1.79. The van der Waals surface area contributed by atoms with E-state index < -0.39 is 0 Å². The van der Waals surface area contributed by atoms with E-state index in [0.29, 0.717) is 5.92 Å². The van der Waals surface area contributed by atoms with E-state index in [1.807, 2.05) is 0 Å². The van der Waals surface area contributed by atoms with Crippen molar-refractivity contribution < 1.29 is 4.79 Å². The molecule has 1 fully saturated rings. The molecule has 0 aromatic rings. The Bertz CT molecular complexity index is 145. The molecular weight excluding hydrogens is 128 g/mol. The fourth-order valence-corrected chi connectivity index (χ4v) is 1.17. The van der Waals surface area contributed by atoms with Crippen LogP contribution >= 0.6 is 0 Å². The second-order valence-electron chi connectivity index (χ2n) is 3.27. The van der Waals surface area contributed by atoms with Gasteiger partial charge in [-0.25, -0.2) is 0 Å². The van der Waals surface area contributed by atoms with Crippen molar-refractivity contribution in [2.45, 2.75) is 32.4 Å². The van der Waals surface area contributed by atoms with E-state index in [-0.39, 0.29) is 18.0 Å². The lowest BCUT2D eigenvalue weighted by Gasteiger charge is -2.34. The molecule has 3 N–H and O–H groups in total. The van der Waals surface area contributed by atoms with Gasteiger partial charge in [0, 0.05) is 0 Å². The van der Waals surface area contributed by atoms with Crippen LogP contribution in [-0.4, -0.2) is 18.0 Å². The Hall–Kier alpha value is -0.570. The summed E-state index contributed by atoms with van der Waals surface area (Å²) < 4.78 is 0. The third-order valence-electron chi connectivity index (χ3n) is 1.79. The van der Waals surface area contributed by atoms with E-state index in [4.69, 9.17) is 5.73 Å². The maximum Gasteiger partial charge on any atom is 0.239 e. The van der Waals surface area contributed by atoms with Crippen LogP contribution in [0.4, 0.5) is 0 Å². The maximum absolute atomic E-state index is 10.6. The minimum Gasteiger partial charge on any atom is -0.350 e. The highest BCUT2D eigenvalue weighted by atomic mass is 16.2. The first-order valence-electron chi connectivity index (χ1n) is 3.67. The number of nitrogens with two attached hydrogens (primary N) is 1. The summed E-state index contributed by atoms with van der Waals surface area (Å²) in [6.45, 7) is 4.24. The van der Waals surface area contributed by atoms with Gasteiger partial charge in [0.15, 0.2) is 0 Å². The molecule has 0 bridgehead atoms. The Balaban J connectivity index is 2.27. The van der Waals surface area contributed by atoms with Gasteiger partial charge < -0.3 is 11.1 Å². The van der Waals surface area contributed by atoms with Crippen molar-refractivity contribution in [3.05, 3.63) is 0 Å². The first-order chi connectivity index (χ1) is 4.61.